The van der Waals surface area contributed by atoms with Crippen molar-refractivity contribution in [2.75, 3.05) is 27.3 Å². The molecule has 0 aliphatic carbocycles. The first kappa shape index (κ1) is 33.2. The molecular formula is C38H36BrN3O5S. The predicted octanol–water partition coefficient (Wildman–Crippen LogP) is 6.62. The maximum absolute atomic E-state index is 14.5. The number of carbonyl (C=O) groups is 1. The molecule has 0 spiro atoms. The van der Waals surface area contributed by atoms with Crippen molar-refractivity contribution in [3.63, 3.8) is 0 Å². The molecule has 5 aromatic rings. The first-order chi connectivity index (χ1) is 23.3. The molecule has 0 N–H and O–H groups in total. The molecule has 2 heterocycles. The number of hydrogen-bond acceptors (Lipinski definition) is 7. The highest BCUT2D eigenvalue weighted by Gasteiger charge is 2.36. The Bertz CT molecular complexity index is 2220. The number of carbonyl (C=O) groups excluding carboxylic acids is 1. The van der Waals surface area contributed by atoms with Gasteiger partial charge in [-0.15, -0.1) is 0 Å². The summed E-state index contributed by atoms with van der Waals surface area (Å²) >= 11 is 4.75. The standard InChI is InChI=1S/C38H36BrN3O5S/c1-6-41(7-2)37(44)33-23(3)40-38-42(35(33)34-28-11-9-8-10-26(28)15-19-30(34)45-4)36(43)32(48-38)21-25-14-18-29(31(20-25)46-5)47-22-24-12-16-27(39)17-13-24/h8-21,35H,6-7,22H2,1-5H3/b32-21+/t35-/m0/s1. The molecule has 4 aromatic carbocycles. The van der Waals surface area contributed by atoms with Gasteiger partial charge in [-0.2, -0.15) is 0 Å². The van der Waals surface area contributed by atoms with E-state index < -0.39 is 6.04 Å². The minimum absolute atomic E-state index is 0.154. The van der Waals surface area contributed by atoms with E-state index in [4.69, 9.17) is 19.2 Å². The van der Waals surface area contributed by atoms with Crippen molar-refractivity contribution in [2.24, 2.45) is 4.99 Å². The number of likely N-dealkylation sites (N-methyl/N-ethyl adjacent to an activating group) is 1. The van der Waals surface area contributed by atoms with Gasteiger partial charge in [-0.05, 0) is 79.1 Å². The zero-order valence-electron chi connectivity index (χ0n) is 27.5. The van der Waals surface area contributed by atoms with Gasteiger partial charge in [0.2, 0.25) is 0 Å². The van der Waals surface area contributed by atoms with Crippen molar-refractivity contribution in [3.8, 4) is 17.2 Å². The largest absolute Gasteiger partial charge is 0.496 e. The lowest BCUT2D eigenvalue weighted by Crippen LogP contribution is -2.43. The lowest BCUT2D eigenvalue weighted by molar-refractivity contribution is -0.127. The lowest BCUT2D eigenvalue weighted by Gasteiger charge is -2.30. The highest BCUT2D eigenvalue weighted by molar-refractivity contribution is 9.10. The average Bonchev–Trinajstić information content (AvgIpc) is 3.41. The Morgan fingerprint density at radius 2 is 1.67 bits per heavy atom. The number of thiazole rings is 1. The molecule has 0 bridgehead atoms. The number of hydrogen-bond donors (Lipinski definition) is 0. The predicted molar refractivity (Wildman–Crippen MR) is 194 cm³/mol. The van der Waals surface area contributed by atoms with Crippen LogP contribution in [0.3, 0.4) is 0 Å². The molecule has 246 valence electrons. The molecule has 0 fully saturated rings. The van der Waals surface area contributed by atoms with Crippen LogP contribution in [0.1, 0.15) is 43.5 Å². The average molecular weight is 727 g/mol. The Kier molecular flexibility index (Phi) is 9.84. The maximum Gasteiger partial charge on any atom is 0.271 e. The Labute approximate surface area is 291 Å². The SMILES string of the molecule is CCN(CC)C(=O)C1=C(C)N=c2s/c(=C/c3ccc(OCc4ccc(Br)cc4)c(OC)c3)c(=O)n2[C@@H]1c1c(OC)ccc2ccccc12. The van der Waals surface area contributed by atoms with Gasteiger partial charge < -0.3 is 19.1 Å². The fourth-order valence-electron chi connectivity index (χ4n) is 6.07. The van der Waals surface area contributed by atoms with E-state index in [0.717, 1.165) is 31.9 Å². The lowest BCUT2D eigenvalue weighted by atomic mass is 9.90. The zero-order valence-corrected chi connectivity index (χ0v) is 29.9. The Morgan fingerprint density at radius 3 is 2.38 bits per heavy atom. The van der Waals surface area contributed by atoms with E-state index in [1.807, 2.05) is 106 Å². The molecule has 1 aliphatic heterocycles. The topological polar surface area (TPSA) is 82.4 Å². The number of aromatic nitrogens is 1. The third-order valence-corrected chi connectivity index (χ3v) is 10.0. The molecule has 0 saturated heterocycles. The van der Waals surface area contributed by atoms with E-state index in [2.05, 4.69) is 15.9 Å². The highest BCUT2D eigenvalue weighted by atomic mass is 79.9. The number of fused-ring (bicyclic) bond motifs is 2. The van der Waals surface area contributed by atoms with Crippen LogP contribution in [0.2, 0.25) is 0 Å². The fraction of sp³-hybridized carbons (Fsp3) is 0.237. The van der Waals surface area contributed by atoms with Crippen LogP contribution in [0.4, 0.5) is 0 Å². The molecule has 1 aromatic heterocycles. The number of ether oxygens (including phenoxy) is 3. The van der Waals surface area contributed by atoms with Gasteiger partial charge in [-0.3, -0.25) is 14.2 Å². The summed E-state index contributed by atoms with van der Waals surface area (Å²) in [7, 11) is 3.20. The number of halogens is 1. The van der Waals surface area contributed by atoms with Gasteiger partial charge in [-0.1, -0.05) is 75.8 Å². The second-order valence-electron chi connectivity index (χ2n) is 11.3. The summed E-state index contributed by atoms with van der Waals surface area (Å²) in [6, 6.07) is 24.6. The summed E-state index contributed by atoms with van der Waals surface area (Å²) in [4.78, 5) is 35.8. The Hall–Kier alpha value is -4.67. The van der Waals surface area contributed by atoms with Crippen molar-refractivity contribution in [3.05, 3.63) is 131 Å². The Morgan fingerprint density at radius 1 is 0.958 bits per heavy atom. The van der Waals surface area contributed by atoms with Gasteiger partial charge in [0.25, 0.3) is 11.5 Å². The molecule has 6 rings (SSSR count). The summed E-state index contributed by atoms with van der Waals surface area (Å²) in [5.74, 6) is 1.59. The van der Waals surface area contributed by atoms with Gasteiger partial charge in [0.1, 0.15) is 18.4 Å². The number of allylic oxidation sites excluding steroid dienone is 1. The number of nitrogens with zero attached hydrogens (tertiary/aromatic N) is 3. The van der Waals surface area contributed by atoms with Crippen LogP contribution in [0.15, 0.2) is 104 Å². The third kappa shape index (κ3) is 6.30. The first-order valence-corrected chi connectivity index (χ1v) is 17.3. The van der Waals surface area contributed by atoms with Crippen molar-refractivity contribution in [2.45, 2.75) is 33.4 Å². The summed E-state index contributed by atoms with van der Waals surface area (Å²) in [5.41, 5.74) is 3.34. The molecule has 10 heteroatoms. The third-order valence-electron chi connectivity index (χ3n) is 8.52. The summed E-state index contributed by atoms with van der Waals surface area (Å²) in [5, 5.41) is 1.88. The number of benzene rings is 4. The van der Waals surface area contributed by atoms with Gasteiger partial charge >= 0.3 is 0 Å². The normalized spacial score (nSPS) is 14.5. The minimum Gasteiger partial charge on any atom is -0.496 e. The second-order valence-corrected chi connectivity index (χ2v) is 13.2. The van der Waals surface area contributed by atoms with E-state index in [1.165, 1.54) is 11.3 Å². The van der Waals surface area contributed by atoms with E-state index in [1.54, 1.807) is 23.7 Å². The summed E-state index contributed by atoms with van der Waals surface area (Å²) in [6.45, 7) is 7.18. The van der Waals surface area contributed by atoms with E-state index in [9.17, 15) is 9.59 Å². The first-order valence-electron chi connectivity index (χ1n) is 15.7. The van der Waals surface area contributed by atoms with Gasteiger partial charge in [0, 0.05) is 23.1 Å². The van der Waals surface area contributed by atoms with Crippen LogP contribution in [-0.4, -0.2) is 42.7 Å². The summed E-state index contributed by atoms with van der Waals surface area (Å²) in [6.07, 6.45) is 1.83. The van der Waals surface area contributed by atoms with Gasteiger partial charge in [0.05, 0.1) is 30.0 Å². The van der Waals surface area contributed by atoms with Crippen LogP contribution in [0.5, 0.6) is 17.2 Å². The number of methoxy groups -OCH3 is 2. The quantitative estimate of drug-likeness (QED) is 0.162. The molecule has 1 amide bonds. The molecular weight excluding hydrogens is 690 g/mol. The van der Waals surface area contributed by atoms with Crippen molar-refractivity contribution >= 4 is 50.0 Å². The molecule has 1 aliphatic rings. The smallest absolute Gasteiger partial charge is 0.271 e. The van der Waals surface area contributed by atoms with Crippen molar-refractivity contribution < 1.29 is 19.0 Å². The molecule has 0 saturated carbocycles. The number of rotatable bonds is 10. The molecule has 48 heavy (non-hydrogen) atoms. The second kappa shape index (κ2) is 14.2. The van der Waals surface area contributed by atoms with E-state index in [0.29, 0.717) is 57.5 Å². The maximum atomic E-state index is 14.5. The molecule has 8 nitrogen and oxygen atoms in total. The minimum atomic E-state index is -0.749. The van der Waals surface area contributed by atoms with Crippen LogP contribution >= 0.6 is 27.3 Å². The van der Waals surface area contributed by atoms with Crippen LogP contribution in [0.25, 0.3) is 16.8 Å². The zero-order chi connectivity index (χ0) is 33.9. The van der Waals surface area contributed by atoms with Crippen molar-refractivity contribution in [1.82, 2.24) is 9.47 Å². The van der Waals surface area contributed by atoms with Crippen LogP contribution < -0.4 is 29.1 Å². The molecule has 1 atom stereocenters. The van der Waals surface area contributed by atoms with Crippen LogP contribution in [0, 0.1) is 0 Å². The molecule has 0 radical (unpaired) electrons. The highest BCUT2D eigenvalue weighted by Crippen LogP contribution is 2.40. The summed E-state index contributed by atoms with van der Waals surface area (Å²) < 4.78 is 20.8. The monoisotopic (exact) mass is 725 g/mol. The van der Waals surface area contributed by atoms with E-state index in [-0.39, 0.29) is 11.5 Å². The van der Waals surface area contributed by atoms with Crippen molar-refractivity contribution in [1.29, 1.82) is 0 Å². The van der Waals surface area contributed by atoms with E-state index >= 15 is 0 Å². The van der Waals surface area contributed by atoms with Gasteiger partial charge in [-0.25, -0.2) is 4.99 Å². The number of amides is 1. The fourth-order valence-corrected chi connectivity index (χ4v) is 7.38. The van der Waals surface area contributed by atoms with Crippen LogP contribution in [-0.2, 0) is 11.4 Å². The van der Waals surface area contributed by atoms with Gasteiger partial charge in [0.15, 0.2) is 16.3 Å². The molecule has 0 unspecified atom stereocenters. The Balaban J connectivity index is 1.48.